The maximum absolute atomic E-state index is 9.74. The summed E-state index contributed by atoms with van der Waals surface area (Å²) in [4.78, 5) is 4.28. The van der Waals surface area contributed by atoms with E-state index < -0.39 is 0 Å². The van der Waals surface area contributed by atoms with Gasteiger partial charge < -0.3 is 14.0 Å². The molecule has 4 rings (SSSR count). The number of fused-ring (bicyclic) bond motifs is 1. The summed E-state index contributed by atoms with van der Waals surface area (Å²) in [6, 6.07) is 16.8. The van der Waals surface area contributed by atoms with Crippen molar-refractivity contribution in [1.29, 1.82) is 0 Å². The fourth-order valence-corrected chi connectivity index (χ4v) is 2.94. The molecule has 2 heterocycles. The molecule has 0 unspecified atom stereocenters. The zero-order valence-corrected chi connectivity index (χ0v) is 12.8. The molecule has 0 amide bonds. The van der Waals surface area contributed by atoms with E-state index >= 15 is 0 Å². The molecule has 0 atom stereocenters. The number of rotatable bonds is 4. The number of aromatic hydroxyl groups is 1. The van der Waals surface area contributed by atoms with Gasteiger partial charge in [0, 0.05) is 11.6 Å². The Morgan fingerprint density at radius 2 is 1.91 bits per heavy atom. The second-order valence-electron chi connectivity index (χ2n) is 4.94. The molecule has 114 valence electrons. The number of oxazole rings is 1. The van der Waals surface area contributed by atoms with Gasteiger partial charge in [-0.15, -0.1) is 0 Å². The number of hydrogen-bond donors (Lipinski definition) is 1. The maximum Gasteiger partial charge on any atom is 0.257 e. The Balaban J connectivity index is 1.50. The molecule has 2 aromatic heterocycles. The van der Waals surface area contributed by atoms with E-state index in [9.17, 15) is 5.11 Å². The Labute approximate surface area is 135 Å². The summed E-state index contributed by atoms with van der Waals surface area (Å²) in [5.41, 5.74) is 2.85. The monoisotopic (exact) mass is 324 g/mol. The predicted octanol–water partition coefficient (Wildman–Crippen LogP) is 4.48. The molecule has 0 aliphatic carbocycles. The molecule has 4 aromatic rings. The van der Waals surface area contributed by atoms with Crippen molar-refractivity contribution in [1.82, 2.24) is 10.1 Å². The molecular weight excluding hydrogens is 312 g/mol. The average Bonchev–Trinajstić information content (AvgIpc) is 3.21. The van der Waals surface area contributed by atoms with Crippen LogP contribution in [0.3, 0.4) is 0 Å². The van der Waals surface area contributed by atoms with E-state index in [1.807, 2.05) is 36.4 Å². The van der Waals surface area contributed by atoms with Gasteiger partial charge in [-0.05, 0) is 12.1 Å². The predicted molar refractivity (Wildman–Crippen MR) is 87.2 cm³/mol. The van der Waals surface area contributed by atoms with E-state index in [-0.39, 0.29) is 5.75 Å². The third kappa shape index (κ3) is 2.80. The minimum atomic E-state index is 0.115. The van der Waals surface area contributed by atoms with Crippen LogP contribution in [-0.4, -0.2) is 15.2 Å². The SMILES string of the molecule is Oc1cccc2oc(SCc3cc(-c4ccccc4)no3)nc12. The Morgan fingerprint density at radius 3 is 2.74 bits per heavy atom. The van der Waals surface area contributed by atoms with Crippen molar-refractivity contribution in [3.63, 3.8) is 0 Å². The lowest BCUT2D eigenvalue weighted by Gasteiger charge is -1.92. The van der Waals surface area contributed by atoms with Crippen molar-refractivity contribution >= 4 is 22.9 Å². The summed E-state index contributed by atoms with van der Waals surface area (Å²) in [6.45, 7) is 0. The molecule has 0 aliphatic heterocycles. The molecule has 1 N–H and O–H groups in total. The number of nitrogens with zero attached hydrogens (tertiary/aromatic N) is 2. The van der Waals surface area contributed by atoms with Crippen LogP contribution in [0, 0.1) is 0 Å². The number of phenols is 1. The highest BCUT2D eigenvalue weighted by Gasteiger charge is 2.12. The lowest BCUT2D eigenvalue weighted by molar-refractivity contribution is 0.396. The van der Waals surface area contributed by atoms with E-state index in [4.69, 9.17) is 8.94 Å². The molecule has 6 heteroatoms. The highest BCUT2D eigenvalue weighted by Crippen LogP contribution is 2.31. The summed E-state index contributed by atoms with van der Waals surface area (Å²) >= 11 is 1.39. The molecule has 0 fully saturated rings. The van der Waals surface area contributed by atoms with Crippen LogP contribution in [0.25, 0.3) is 22.4 Å². The van der Waals surface area contributed by atoms with Crippen LogP contribution in [0.4, 0.5) is 0 Å². The molecule has 2 aromatic carbocycles. The third-order valence-corrected chi connectivity index (χ3v) is 4.19. The largest absolute Gasteiger partial charge is 0.506 e. The van der Waals surface area contributed by atoms with E-state index in [2.05, 4.69) is 10.1 Å². The van der Waals surface area contributed by atoms with Gasteiger partial charge in [0.25, 0.3) is 5.22 Å². The van der Waals surface area contributed by atoms with Gasteiger partial charge in [0.2, 0.25) is 0 Å². The second kappa shape index (κ2) is 5.81. The number of thioether (sulfide) groups is 1. The van der Waals surface area contributed by atoms with Gasteiger partial charge in [-0.2, -0.15) is 4.98 Å². The zero-order valence-electron chi connectivity index (χ0n) is 12.0. The van der Waals surface area contributed by atoms with Gasteiger partial charge in [0.05, 0.1) is 5.75 Å². The highest BCUT2D eigenvalue weighted by molar-refractivity contribution is 7.98. The molecule has 0 aliphatic rings. The Bertz CT molecular complexity index is 947. The maximum atomic E-state index is 9.74. The molecule has 0 bridgehead atoms. The van der Waals surface area contributed by atoms with Gasteiger partial charge >= 0.3 is 0 Å². The number of phenolic OH excluding ortho intramolecular Hbond substituents is 1. The number of hydrogen-bond acceptors (Lipinski definition) is 6. The molecule has 0 spiro atoms. The fraction of sp³-hybridized carbons (Fsp3) is 0.0588. The fourth-order valence-electron chi connectivity index (χ4n) is 2.23. The smallest absolute Gasteiger partial charge is 0.257 e. The van der Waals surface area contributed by atoms with Crippen LogP contribution in [0.2, 0.25) is 0 Å². The molecule has 5 nitrogen and oxygen atoms in total. The van der Waals surface area contributed by atoms with Gasteiger partial charge in [-0.3, -0.25) is 0 Å². The molecule has 23 heavy (non-hydrogen) atoms. The van der Waals surface area contributed by atoms with Crippen LogP contribution in [0.15, 0.2) is 68.8 Å². The Kier molecular flexibility index (Phi) is 3.51. The Hall–Kier alpha value is -2.73. The van der Waals surface area contributed by atoms with Gasteiger partial charge in [0.1, 0.15) is 17.2 Å². The van der Waals surface area contributed by atoms with E-state index in [1.165, 1.54) is 11.8 Å². The molecule has 0 radical (unpaired) electrons. The normalized spacial score (nSPS) is 11.1. The standard InChI is InChI=1S/C17H12N2O3S/c20-14-7-4-8-15-16(14)18-17(21-15)23-10-12-9-13(19-22-12)11-5-2-1-3-6-11/h1-9,20H,10H2. The lowest BCUT2D eigenvalue weighted by atomic mass is 10.1. The zero-order chi connectivity index (χ0) is 15.6. The van der Waals surface area contributed by atoms with E-state index in [0.717, 1.165) is 17.0 Å². The lowest BCUT2D eigenvalue weighted by Crippen LogP contribution is -1.76. The molecular formula is C17H12N2O3S. The first kappa shape index (κ1) is 13.9. The van der Waals surface area contributed by atoms with Crippen LogP contribution in [-0.2, 0) is 5.75 Å². The summed E-state index contributed by atoms with van der Waals surface area (Å²) < 4.78 is 10.9. The van der Waals surface area contributed by atoms with E-state index in [1.54, 1.807) is 18.2 Å². The van der Waals surface area contributed by atoms with E-state index in [0.29, 0.717) is 22.1 Å². The van der Waals surface area contributed by atoms with Crippen molar-refractivity contribution in [2.45, 2.75) is 11.0 Å². The number of para-hydroxylation sites is 1. The first-order valence-corrected chi connectivity index (χ1v) is 8.00. The minimum absolute atomic E-state index is 0.115. The third-order valence-electron chi connectivity index (χ3n) is 3.34. The van der Waals surface area contributed by atoms with Crippen molar-refractivity contribution in [2.24, 2.45) is 0 Å². The number of benzene rings is 2. The minimum Gasteiger partial charge on any atom is -0.506 e. The van der Waals surface area contributed by atoms with Gasteiger partial charge in [0.15, 0.2) is 11.1 Å². The summed E-state index contributed by atoms with van der Waals surface area (Å²) in [6.07, 6.45) is 0. The second-order valence-corrected chi connectivity index (χ2v) is 5.86. The highest BCUT2D eigenvalue weighted by atomic mass is 32.2. The molecule has 0 saturated carbocycles. The quantitative estimate of drug-likeness (QED) is 0.558. The van der Waals surface area contributed by atoms with Crippen LogP contribution < -0.4 is 0 Å². The van der Waals surface area contributed by atoms with Crippen molar-refractivity contribution in [3.05, 3.63) is 60.4 Å². The summed E-state index contributed by atoms with van der Waals surface area (Å²) in [5.74, 6) is 1.40. The van der Waals surface area contributed by atoms with Gasteiger partial charge in [-0.25, -0.2) is 0 Å². The Morgan fingerprint density at radius 1 is 1.04 bits per heavy atom. The van der Waals surface area contributed by atoms with Crippen molar-refractivity contribution < 1.29 is 14.0 Å². The number of aromatic nitrogens is 2. The van der Waals surface area contributed by atoms with Crippen LogP contribution in [0.1, 0.15) is 5.76 Å². The van der Waals surface area contributed by atoms with Gasteiger partial charge in [-0.1, -0.05) is 53.3 Å². The first-order chi connectivity index (χ1) is 11.3. The first-order valence-electron chi connectivity index (χ1n) is 7.02. The van der Waals surface area contributed by atoms with Crippen LogP contribution >= 0.6 is 11.8 Å². The van der Waals surface area contributed by atoms with Crippen molar-refractivity contribution in [3.8, 4) is 17.0 Å². The summed E-state index contributed by atoms with van der Waals surface area (Å²) in [7, 11) is 0. The average molecular weight is 324 g/mol. The topological polar surface area (TPSA) is 72.3 Å². The van der Waals surface area contributed by atoms with Crippen molar-refractivity contribution in [2.75, 3.05) is 0 Å². The van der Waals surface area contributed by atoms with Crippen LogP contribution in [0.5, 0.6) is 5.75 Å². The molecule has 0 saturated heterocycles. The summed E-state index contributed by atoms with van der Waals surface area (Å²) in [5, 5.41) is 14.3.